The summed E-state index contributed by atoms with van der Waals surface area (Å²) < 4.78 is 8.33. The summed E-state index contributed by atoms with van der Waals surface area (Å²) in [6.07, 6.45) is 3.25. The van der Waals surface area contributed by atoms with Crippen LogP contribution in [0.3, 0.4) is 0 Å². The lowest BCUT2D eigenvalue weighted by molar-refractivity contribution is 0.490. The molecule has 4 aromatic rings. The number of hydrogen-bond donors (Lipinski definition) is 1. The Kier molecular flexibility index (Phi) is 3.25. The summed E-state index contributed by atoms with van der Waals surface area (Å²) in [6, 6.07) is 10.6. The lowest BCUT2D eigenvalue weighted by Crippen LogP contribution is -2.27. The minimum atomic E-state index is -0.270. The van der Waals surface area contributed by atoms with Gasteiger partial charge in [0.25, 0.3) is 5.56 Å². The first kappa shape index (κ1) is 14.9. The van der Waals surface area contributed by atoms with E-state index < -0.39 is 0 Å². The summed E-state index contributed by atoms with van der Waals surface area (Å²) in [5.74, 6) is 0.612. The maximum Gasteiger partial charge on any atom is 0.267 e. The highest BCUT2D eigenvalue weighted by Gasteiger charge is 2.14. The minimum absolute atomic E-state index is 0.00485. The molecule has 0 aliphatic heterocycles. The van der Waals surface area contributed by atoms with Crippen molar-refractivity contribution >= 4 is 16.7 Å². The molecule has 122 valence electrons. The second kappa shape index (κ2) is 5.46. The largest absolute Gasteiger partial charge is 0.467 e. The highest BCUT2D eigenvalue weighted by atomic mass is 16.3. The molecule has 0 radical (unpaired) electrons. The van der Waals surface area contributed by atoms with E-state index in [9.17, 15) is 10.1 Å². The number of hydrogen-bond acceptors (Lipinski definition) is 5. The van der Waals surface area contributed by atoms with Gasteiger partial charge in [-0.05, 0) is 36.8 Å². The van der Waals surface area contributed by atoms with E-state index in [1.54, 1.807) is 24.4 Å². The van der Waals surface area contributed by atoms with Crippen molar-refractivity contribution in [2.75, 3.05) is 0 Å². The second-order valence-corrected chi connectivity index (χ2v) is 5.77. The first-order chi connectivity index (χ1) is 12.1. The highest BCUT2D eigenvalue weighted by molar-refractivity contribution is 5.77. The van der Waals surface area contributed by atoms with Crippen LogP contribution in [0.1, 0.15) is 16.9 Å². The van der Waals surface area contributed by atoms with E-state index in [1.807, 2.05) is 19.1 Å². The smallest absolute Gasteiger partial charge is 0.267 e. The van der Waals surface area contributed by atoms with Crippen molar-refractivity contribution in [1.82, 2.24) is 14.0 Å². The van der Waals surface area contributed by atoms with Crippen LogP contribution in [0, 0.1) is 23.7 Å². The van der Waals surface area contributed by atoms with Gasteiger partial charge in [0.2, 0.25) is 0 Å². The summed E-state index contributed by atoms with van der Waals surface area (Å²) in [4.78, 5) is 17.4. The maximum absolute atomic E-state index is 12.9. The Bertz CT molecular complexity index is 1270. The molecule has 0 fully saturated rings. The van der Waals surface area contributed by atoms with Crippen LogP contribution in [0.2, 0.25) is 0 Å². The van der Waals surface area contributed by atoms with E-state index in [0.717, 1.165) is 5.56 Å². The van der Waals surface area contributed by atoms with Gasteiger partial charge in [0, 0.05) is 6.20 Å². The number of fused-ring (bicyclic) bond motifs is 2. The third-order valence-electron chi connectivity index (χ3n) is 4.07. The van der Waals surface area contributed by atoms with Gasteiger partial charge in [0.15, 0.2) is 0 Å². The van der Waals surface area contributed by atoms with Gasteiger partial charge in [0.1, 0.15) is 28.6 Å². The van der Waals surface area contributed by atoms with Crippen molar-refractivity contribution in [2.45, 2.75) is 13.5 Å². The van der Waals surface area contributed by atoms with Crippen LogP contribution in [0.4, 0.5) is 0 Å². The first-order valence-corrected chi connectivity index (χ1v) is 7.62. The molecule has 4 aromatic heterocycles. The topological polar surface area (TPSA) is 100 Å². The van der Waals surface area contributed by atoms with Crippen molar-refractivity contribution < 1.29 is 4.42 Å². The number of rotatable bonds is 2. The highest BCUT2D eigenvalue weighted by Crippen LogP contribution is 2.12. The standard InChI is InChI=1S/C18H13N5O2/c1-11-4-5-15-21-17-14(18(24)22(15)9-11)7-12(8-19)16(20)23(17)10-13-3-2-6-25-13/h2-7,9,20H,10H2,1H3. The van der Waals surface area contributed by atoms with Gasteiger partial charge in [-0.2, -0.15) is 5.26 Å². The maximum atomic E-state index is 12.9. The summed E-state index contributed by atoms with van der Waals surface area (Å²) in [6.45, 7) is 2.10. The number of aromatic nitrogens is 3. The Morgan fingerprint density at radius 1 is 1.36 bits per heavy atom. The van der Waals surface area contributed by atoms with E-state index in [0.29, 0.717) is 22.4 Å². The minimum Gasteiger partial charge on any atom is -0.467 e. The zero-order valence-corrected chi connectivity index (χ0v) is 13.4. The molecule has 0 aliphatic carbocycles. The Morgan fingerprint density at radius 3 is 2.92 bits per heavy atom. The van der Waals surface area contributed by atoms with Crippen LogP contribution >= 0.6 is 0 Å². The van der Waals surface area contributed by atoms with E-state index in [2.05, 4.69) is 4.98 Å². The molecule has 0 saturated carbocycles. The predicted molar refractivity (Wildman–Crippen MR) is 90.1 cm³/mol. The van der Waals surface area contributed by atoms with Gasteiger partial charge in [-0.3, -0.25) is 14.6 Å². The van der Waals surface area contributed by atoms with Crippen LogP contribution in [0.25, 0.3) is 16.7 Å². The quantitative estimate of drug-likeness (QED) is 0.567. The summed E-state index contributed by atoms with van der Waals surface area (Å²) in [5.41, 5.74) is 1.61. The van der Waals surface area contributed by atoms with Crippen molar-refractivity contribution in [3.63, 3.8) is 0 Å². The molecule has 0 saturated heterocycles. The lowest BCUT2D eigenvalue weighted by Gasteiger charge is -2.12. The third kappa shape index (κ3) is 2.32. The Balaban J connectivity index is 2.15. The average molecular weight is 331 g/mol. The number of nitrogens with one attached hydrogen (secondary N) is 1. The molecule has 0 aromatic carbocycles. The fraction of sp³-hybridized carbons (Fsp3) is 0.111. The van der Waals surface area contributed by atoms with Gasteiger partial charge in [-0.15, -0.1) is 0 Å². The lowest BCUT2D eigenvalue weighted by atomic mass is 10.2. The van der Waals surface area contributed by atoms with Crippen LogP contribution in [-0.4, -0.2) is 14.0 Å². The van der Waals surface area contributed by atoms with Gasteiger partial charge < -0.3 is 8.98 Å². The van der Waals surface area contributed by atoms with E-state index >= 15 is 0 Å². The van der Waals surface area contributed by atoms with E-state index in [-0.39, 0.29) is 23.2 Å². The Labute approximate surface area is 141 Å². The molecule has 0 spiro atoms. The Hall–Kier alpha value is -3.66. The second-order valence-electron chi connectivity index (χ2n) is 5.77. The fourth-order valence-corrected chi connectivity index (χ4v) is 2.84. The molecule has 7 heteroatoms. The number of nitrogens with zero attached hydrogens (tertiary/aromatic N) is 4. The van der Waals surface area contributed by atoms with Crippen LogP contribution in [-0.2, 0) is 6.54 Å². The van der Waals surface area contributed by atoms with Crippen LogP contribution in [0.15, 0.2) is 52.0 Å². The molecule has 0 unspecified atom stereocenters. The predicted octanol–water partition coefficient (Wildman–Crippen LogP) is 1.95. The van der Waals surface area contributed by atoms with Crippen LogP contribution in [0.5, 0.6) is 0 Å². The van der Waals surface area contributed by atoms with E-state index in [1.165, 1.54) is 21.3 Å². The van der Waals surface area contributed by atoms with Gasteiger partial charge >= 0.3 is 0 Å². The Morgan fingerprint density at radius 2 is 2.20 bits per heavy atom. The molecule has 4 rings (SSSR count). The molecule has 0 atom stereocenters. The number of nitriles is 1. The summed E-state index contributed by atoms with van der Waals surface area (Å²) >= 11 is 0. The molecule has 0 aliphatic rings. The van der Waals surface area contributed by atoms with Gasteiger partial charge in [-0.1, -0.05) is 6.07 Å². The van der Waals surface area contributed by atoms with Crippen molar-refractivity contribution in [2.24, 2.45) is 0 Å². The average Bonchev–Trinajstić information content (AvgIpc) is 3.11. The summed E-state index contributed by atoms with van der Waals surface area (Å²) in [5, 5.41) is 17.9. The van der Waals surface area contributed by atoms with E-state index in [4.69, 9.17) is 9.83 Å². The zero-order chi connectivity index (χ0) is 17.6. The SMILES string of the molecule is Cc1ccc2nc3c(cc(C#N)c(=N)n3Cc3ccco3)c(=O)n2c1. The number of pyridine rings is 2. The normalized spacial score (nSPS) is 11.0. The first-order valence-electron chi connectivity index (χ1n) is 7.62. The molecule has 0 amide bonds. The zero-order valence-electron chi connectivity index (χ0n) is 13.4. The molecule has 1 N–H and O–H groups in total. The summed E-state index contributed by atoms with van der Waals surface area (Å²) in [7, 11) is 0. The van der Waals surface area contributed by atoms with Crippen molar-refractivity contribution in [1.29, 1.82) is 10.7 Å². The third-order valence-corrected chi connectivity index (χ3v) is 4.07. The number of aryl methyl sites for hydroxylation is 1. The molecular weight excluding hydrogens is 318 g/mol. The number of furan rings is 1. The fourth-order valence-electron chi connectivity index (χ4n) is 2.84. The molecular formula is C18H13N5O2. The van der Waals surface area contributed by atoms with Gasteiger partial charge in [-0.25, -0.2) is 4.98 Å². The molecule has 4 heterocycles. The molecule has 25 heavy (non-hydrogen) atoms. The van der Waals surface area contributed by atoms with Gasteiger partial charge in [0.05, 0.1) is 23.8 Å². The van der Waals surface area contributed by atoms with Crippen molar-refractivity contribution in [3.05, 3.63) is 75.5 Å². The monoisotopic (exact) mass is 331 g/mol. The van der Waals surface area contributed by atoms with Crippen LogP contribution < -0.4 is 11.0 Å². The molecule has 0 bridgehead atoms. The van der Waals surface area contributed by atoms with Crippen molar-refractivity contribution in [3.8, 4) is 6.07 Å². The molecule has 7 nitrogen and oxygen atoms in total.